The van der Waals surface area contributed by atoms with Gasteiger partial charge in [0.25, 0.3) is 0 Å². The number of aromatic hydroxyl groups is 1. The Morgan fingerprint density at radius 3 is 2.53 bits per heavy atom. The highest BCUT2D eigenvalue weighted by Crippen LogP contribution is 2.33. The first-order valence-corrected chi connectivity index (χ1v) is 16.2. The molecule has 2 atom stereocenters. The minimum Gasteiger partial charge on any atom is -0.508 e. The number of phenolic OH excluding ortho intramolecular Hbond substituents is 1. The predicted octanol–water partition coefficient (Wildman–Crippen LogP) is 4.30. The quantitative estimate of drug-likeness (QED) is 0.232. The first-order chi connectivity index (χ1) is 22.7. The van der Waals surface area contributed by atoms with E-state index in [1.807, 2.05) is 53.9 Å². The average molecular weight is 653 g/mol. The van der Waals surface area contributed by atoms with Crippen molar-refractivity contribution in [2.75, 3.05) is 25.0 Å². The van der Waals surface area contributed by atoms with E-state index in [9.17, 15) is 24.3 Å². The van der Waals surface area contributed by atoms with Crippen LogP contribution >= 0.6 is 11.3 Å². The molecule has 0 aliphatic carbocycles. The first kappa shape index (κ1) is 31.8. The monoisotopic (exact) mass is 652 g/mol. The molecule has 3 aromatic carbocycles. The number of hydrogen-bond donors (Lipinski definition) is 3. The van der Waals surface area contributed by atoms with Crippen LogP contribution in [-0.2, 0) is 33.9 Å². The molecule has 5 amide bonds. The largest absolute Gasteiger partial charge is 0.508 e. The molecule has 242 valence electrons. The highest BCUT2D eigenvalue weighted by Gasteiger charge is 2.51. The van der Waals surface area contributed by atoms with Gasteiger partial charge in [0.2, 0.25) is 17.7 Å². The Bertz CT molecular complexity index is 1810. The molecule has 4 aromatic rings. The summed E-state index contributed by atoms with van der Waals surface area (Å²) in [5, 5.41) is 21.9. The summed E-state index contributed by atoms with van der Waals surface area (Å²) in [5.41, 5.74) is 3.32. The summed E-state index contributed by atoms with van der Waals surface area (Å²) >= 11 is 1.52. The molecule has 2 aliphatic heterocycles. The van der Waals surface area contributed by atoms with Gasteiger partial charge in [-0.2, -0.15) is 0 Å². The number of hydrazine groups is 1. The number of benzene rings is 3. The van der Waals surface area contributed by atoms with E-state index in [1.54, 1.807) is 50.2 Å². The van der Waals surface area contributed by atoms with Gasteiger partial charge >= 0.3 is 6.03 Å². The third-order valence-corrected chi connectivity index (χ3v) is 9.36. The van der Waals surface area contributed by atoms with Crippen molar-refractivity contribution in [1.29, 1.82) is 0 Å². The van der Waals surface area contributed by atoms with E-state index in [2.05, 4.69) is 17.2 Å². The molecule has 2 saturated heterocycles. The number of nitrogens with one attached hydrogen (secondary N) is 2. The highest BCUT2D eigenvalue weighted by molar-refractivity contribution is 7.17. The molecule has 3 heterocycles. The van der Waals surface area contributed by atoms with Crippen LogP contribution in [0.4, 0.5) is 10.5 Å². The van der Waals surface area contributed by atoms with E-state index in [-0.39, 0.29) is 62.1 Å². The second-order valence-electron chi connectivity index (χ2n) is 11.7. The minimum atomic E-state index is -0.877. The number of thiophene rings is 1. The van der Waals surface area contributed by atoms with Gasteiger partial charge in [0, 0.05) is 43.4 Å². The molecule has 0 unspecified atom stereocenters. The Morgan fingerprint density at radius 2 is 1.81 bits per heavy atom. The van der Waals surface area contributed by atoms with Crippen molar-refractivity contribution in [3.63, 3.8) is 0 Å². The average Bonchev–Trinajstić information content (AvgIpc) is 3.44. The van der Waals surface area contributed by atoms with Crippen LogP contribution in [0.25, 0.3) is 10.1 Å². The van der Waals surface area contributed by atoms with E-state index in [1.165, 1.54) is 18.3 Å². The number of carbonyl (C=O) groups is 4. The third kappa shape index (κ3) is 6.83. The summed E-state index contributed by atoms with van der Waals surface area (Å²) in [6.45, 7) is 6.14. The van der Waals surface area contributed by atoms with Crippen LogP contribution in [0.5, 0.6) is 5.75 Å². The predicted molar refractivity (Wildman–Crippen MR) is 180 cm³/mol. The molecule has 0 radical (unpaired) electrons. The van der Waals surface area contributed by atoms with Crippen molar-refractivity contribution in [2.24, 2.45) is 0 Å². The van der Waals surface area contributed by atoms with Crippen LogP contribution in [0.15, 0.2) is 90.8 Å². The number of fused-ring (bicyclic) bond motifs is 2. The van der Waals surface area contributed by atoms with Crippen LogP contribution in [0.2, 0.25) is 0 Å². The Labute approximate surface area is 276 Å². The normalized spacial score (nSPS) is 18.3. The molecule has 0 spiro atoms. The maximum atomic E-state index is 14.3. The fraction of sp³-hybridized carbons (Fsp3) is 0.257. The van der Waals surface area contributed by atoms with Gasteiger partial charge in [-0.3, -0.25) is 14.4 Å². The zero-order valence-corrected chi connectivity index (χ0v) is 26.8. The molecular formula is C35H36N6O5S. The number of urea groups is 1. The lowest BCUT2D eigenvalue weighted by atomic mass is 9.98. The summed E-state index contributed by atoms with van der Waals surface area (Å²) < 4.78 is 0.963. The number of piperazine rings is 1. The Balaban J connectivity index is 1.35. The number of amides is 5. The molecule has 2 fully saturated rings. The van der Waals surface area contributed by atoms with Crippen LogP contribution in [0, 0.1) is 0 Å². The zero-order chi connectivity index (χ0) is 33.1. The third-order valence-electron chi connectivity index (χ3n) is 8.37. The van der Waals surface area contributed by atoms with E-state index in [4.69, 9.17) is 0 Å². The van der Waals surface area contributed by atoms with Crippen LogP contribution in [0.1, 0.15) is 23.6 Å². The maximum Gasteiger partial charge on any atom is 0.334 e. The van der Waals surface area contributed by atoms with Gasteiger partial charge in [-0.1, -0.05) is 54.6 Å². The summed E-state index contributed by atoms with van der Waals surface area (Å²) in [6, 6.07) is 20.5. The molecule has 1 aromatic heterocycles. The lowest BCUT2D eigenvalue weighted by Gasteiger charge is -2.55. The van der Waals surface area contributed by atoms with Gasteiger partial charge in [-0.05, 0) is 51.7 Å². The first-order valence-electron chi connectivity index (χ1n) is 15.3. The molecule has 12 heteroatoms. The van der Waals surface area contributed by atoms with Crippen LogP contribution < -0.4 is 10.6 Å². The molecule has 0 bridgehead atoms. The fourth-order valence-corrected chi connectivity index (χ4v) is 7.24. The Hall–Kier alpha value is -5.20. The molecular weight excluding hydrogens is 616 g/mol. The SMILES string of the molecule is C=CCN1CC(=O)N2[C@@H](Cc3ccc(O)cc3)C(=O)N(Cc3csc4cc(NC(C)=O)ccc34)C[C@@H]2N1C(=O)NCc1ccccc1. The van der Waals surface area contributed by atoms with Crippen molar-refractivity contribution in [3.05, 3.63) is 108 Å². The Kier molecular flexibility index (Phi) is 9.23. The zero-order valence-electron chi connectivity index (χ0n) is 26.0. The molecule has 3 N–H and O–H groups in total. The van der Waals surface area contributed by atoms with Gasteiger partial charge in [0.1, 0.15) is 18.0 Å². The number of phenols is 1. The second-order valence-corrected chi connectivity index (χ2v) is 12.6. The second kappa shape index (κ2) is 13.7. The van der Waals surface area contributed by atoms with E-state index in [0.717, 1.165) is 26.8 Å². The van der Waals surface area contributed by atoms with Crippen molar-refractivity contribution in [1.82, 2.24) is 25.1 Å². The number of hydrogen-bond acceptors (Lipinski definition) is 7. The molecule has 47 heavy (non-hydrogen) atoms. The van der Waals surface area contributed by atoms with Crippen molar-refractivity contribution in [2.45, 2.75) is 38.6 Å². The minimum absolute atomic E-state index is 0.0908. The number of carbonyl (C=O) groups excluding carboxylic acids is 4. The molecule has 2 aliphatic rings. The lowest BCUT2D eigenvalue weighted by Crippen LogP contribution is -2.76. The number of nitrogens with zero attached hydrogens (tertiary/aromatic N) is 4. The molecule has 11 nitrogen and oxygen atoms in total. The smallest absolute Gasteiger partial charge is 0.334 e. The van der Waals surface area contributed by atoms with E-state index >= 15 is 0 Å². The number of rotatable bonds is 9. The van der Waals surface area contributed by atoms with Crippen molar-refractivity contribution >= 4 is 50.9 Å². The van der Waals surface area contributed by atoms with Gasteiger partial charge in [-0.25, -0.2) is 14.8 Å². The van der Waals surface area contributed by atoms with Gasteiger partial charge < -0.3 is 25.5 Å². The van der Waals surface area contributed by atoms with Crippen LogP contribution in [-0.4, -0.2) is 80.5 Å². The van der Waals surface area contributed by atoms with Crippen LogP contribution in [0.3, 0.4) is 0 Å². The maximum absolute atomic E-state index is 14.3. The summed E-state index contributed by atoms with van der Waals surface area (Å²) in [6.07, 6.45) is 1.08. The van der Waals surface area contributed by atoms with E-state index in [0.29, 0.717) is 12.2 Å². The van der Waals surface area contributed by atoms with E-state index < -0.39 is 12.2 Å². The highest BCUT2D eigenvalue weighted by atomic mass is 32.1. The summed E-state index contributed by atoms with van der Waals surface area (Å²) in [7, 11) is 0. The topological polar surface area (TPSA) is 126 Å². The van der Waals surface area contributed by atoms with Crippen molar-refractivity contribution in [3.8, 4) is 5.75 Å². The summed E-state index contributed by atoms with van der Waals surface area (Å²) in [4.78, 5) is 57.0. The molecule has 6 rings (SSSR count). The lowest BCUT2D eigenvalue weighted by molar-refractivity contribution is -0.189. The molecule has 0 saturated carbocycles. The van der Waals surface area contributed by atoms with Gasteiger partial charge in [0.05, 0.1) is 13.1 Å². The standard InChI is InChI=1S/C35H36N6O5S/c1-3-15-39-21-33(44)40-30(16-24-9-12-28(43)13-10-24)34(45)38(19-26-22-47-31-17-27(37-23(2)42)11-14-29(26)31)20-32(40)41(39)35(46)36-18-25-7-5-4-6-8-25/h3-14,17,22,30,32,43H,1,15-16,18-21H2,2H3,(H,36,46)(H,37,42)/t30-,32-/m0/s1. The Morgan fingerprint density at radius 1 is 1.04 bits per heavy atom. The summed E-state index contributed by atoms with van der Waals surface area (Å²) in [5.74, 6) is -0.537. The van der Waals surface area contributed by atoms with Gasteiger partial charge in [-0.15, -0.1) is 17.9 Å². The van der Waals surface area contributed by atoms with Crippen molar-refractivity contribution < 1.29 is 24.3 Å². The van der Waals surface area contributed by atoms with Gasteiger partial charge in [0.15, 0.2) is 0 Å². The fourth-order valence-electron chi connectivity index (χ4n) is 6.25. The number of anilines is 1.